The number of nitrogens with one attached hydrogen (secondary N) is 1. The number of ether oxygens (including phenoxy) is 2. The maximum atomic E-state index is 12.4. The predicted octanol–water partition coefficient (Wildman–Crippen LogP) is 4.91. The van der Waals surface area contributed by atoms with Crippen LogP contribution in [0.5, 0.6) is 11.5 Å². The van der Waals surface area contributed by atoms with Crippen molar-refractivity contribution in [2.75, 3.05) is 32.6 Å². The van der Waals surface area contributed by atoms with Crippen LogP contribution in [0.4, 0.5) is 5.69 Å². The summed E-state index contributed by atoms with van der Waals surface area (Å²) in [4.78, 5) is 26.1. The quantitative estimate of drug-likeness (QED) is 0.509. The van der Waals surface area contributed by atoms with Crippen LogP contribution in [0.25, 0.3) is 6.08 Å². The van der Waals surface area contributed by atoms with Crippen molar-refractivity contribution in [3.63, 3.8) is 0 Å². The van der Waals surface area contributed by atoms with Crippen LogP contribution in [0.15, 0.2) is 46.9 Å². The normalized spacial score (nSPS) is 10.9. The minimum absolute atomic E-state index is 0.0516. The molecule has 0 bridgehead atoms. The summed E-state index contributed by atoms with van der Waals surface area (Å²) >= 11 is 3.40. The largest absolute Gasteiger partial charge is 0.493 e. The summed E-state index contributed by atoms with van der Waals surface area (Å²) in [6, 6.07) is 11.1. The molecule has 166 valence electrons. The van der Waals surface area contributed by atoms with Crippen LogP contribution in [0.1, 0.15) is 25.0 Å². The van der Waals surface area contributed by atoms with Crippen LogP contribution < -0.4 is 14.8 Å². The molecule has 2 rings (SSSR count). The number of aryl methyl sites for hydroxylation is 1. The second-order valence-electron chi connectivity index (χ2n) is 7.65. The van der Waals surface area contributed by atoms with Crippen molar-refractivity contribution in [3.8, 4) is 11.5 Å². The van der Waals surface area contributed by atoms with Crippen LogP contribution in [0, 0.1) is 12.8 Å². The second kappa shape index (κ2) is 11.6. The fourth-order valence-electron chi connectivity index (χ4n) is 2.71. The summed E-state index contributed by atoms with van der Waals surface area (Å²) in [5.74, 6) is 1.14. The zero-order valence-electron chi connectivity index (χ0n) is 18.6. The van der Waals surface area contributed by atoms with E-state index in [0.29, 0.717) is 24.0 Å². The first kappa shape index (κ1) is 24.5. The number of carbonyl (C=O) groups excluding carboxylic acids is 2. The van der Waals surface area contributed by atoms with E-state index in [1.54, 1.807) is 20.2 Å². The third-order valence-electron chi connectivity index (χ3n) is 4.40. The highest BCUT2D eigenvalue weighted by atomic mass is 79.9. The van der Waals surface area contributed by atoms with E-state index in [4.69, 9.17) is 9.47 Å². The van der Waals surface area contributed by atoms with Gasteiger partial charge in [0.1, 0.15) is 0 Å². The van der Waals surface area contributed by atoms with Crippen LogP contribution >= 0.6 is 15.9 Å². The van der Waals surface area contributed by atoms with Gasteiger partial charge in [-0.1, -0.05) is 35.8 Å². The molecule has 0 spiro atoms. The van der Waals surface area contributed by atoms with Crippen molar-refractivity contribution in [2.24, 2.45) is 5.92 Å². The number of amides is 2. The smallest absolute Gasteiger partial charge is 0.246 e. The van der Waals surface area contributed by atoms with Gasteiger partial charge in [0, 0.05) is 23.3 Å². The highest BCUT2D eigenvalue weighted by Gasteiger charge is 2.12. The number of carbonyl (C=O) groups is 2. The molecule has 0 heterocycles. The predicted molar refractivity (Wildman–Crippen MR) is 128 cm³/mol. The molecule has 6 nitrogen and oxygen atoms in total. The molecule has 0 saturated carbocycles. The highest BCUT2D eigenvalue weighted by molar-refractivity contribution is 9.10. The Hall–Kier alpha value is -2.80. The van der Waals surface area contributed by atoms with Crippen molar-refractivity contribution in [1.82, 2.24) is 4.90 Å². The van der Waals surface area contributed by atoms with Crippen LogP contribution in [0.3, 0.4) is 0 Å². The summed E-state index contributed by atoms with van der Waals surface area (Å²) in [7, 11) is 3.17. The van der Waals surface area contributed by atoms with E-state index in [-0.39, 0.29) is 18.4 Å². The van der Waals surface area contributed by atoms with Gasteiger partial charge in [-0.2, -0.15) is 0 Å². The number of rotatable bonds is 9. The molecular formula is C24H29BrN2O4. The number of nitrogens with zero attached hydrogens (tertiary/aromatic N) is 1. The number of anilines is 1. The Morgan fingerprint density at radius 2 is 1.90 bits per heavy atom. The summed E-state index contributed by atoms with van der Waals surface area (Å²) in [5.41, 5.74) is 2.45. The first-order valence-corrected chi connectivity index (χ1v) is 10.8. The average molecular weight is 489 g/mol. The topological polar surface area (TPSA) is 67.9 Å². The van der Waals surface area contributed by atoms with E-state index in [2.05, 4.69) is 35.1 Å². The molecule has 0 aliphatic rings. The van der Waals surface area contributed by atoms with Gasteiger partial charge in [0.2, 0.25) is 11.8 Å². The molecule has 2 aromatic carbocycles. The lowest BCUT2D eigenvalue weighted by Gasteiger charge is -2.16. The number of hydrogen-bond acceptors (Lipinski definition) is 4. The van der Waals surface area contributed by atoms with Gasteiger partial charge >= 0.3 is 0 Å². The summed E-state index contributed by atoms with van der Waals surface area (Å²) < 4.78 is 12.1. The minimum atomic E-state index is -0.276. The van der Waals surface area contributed by atoms with Gasteiger partial charge < -0.3 is 19.7 Å². The number of likely N-dealkylation sites (N-methyl/N-ethyl adjacent to an activating group) is 1. The Labute approximate surface area is 192 Å². The summed E-state index contributed by atoms with van der Waals surface area (Å²) in [6.07, 6.45) is 3.12. The molecule has 0 atom stereocenters. The van der Waals surface area contributed by atoms with Crippen molar-refractivity contribution in [2.45, 2.75) is 20.8 Å². The molecule has 7 heteroatoms. The Kier molecular flexibility index (Phi) is 9.12. The fourth-order valence-corrected chi connectivity index (χ4v) is 3.18. The summed E-state index contributed by atoms with van der Waals surface area (Å²) in [5, 5.41) is 2.83. The van der Waals surface area contributed by atoms with E-state index >= 15 is 0 Å². The Balaban J connectivity index is 1.96. The van der Waals surface area contributed by atoms with Gasteiger partial charge in [0.25, 0.3) is 0 Å². The zero-order chi connectivity index (χ0) is 23.0. The van der Waals surface area contributed by atoms with Crippen LogP contribution in [-0.4, -0.2) is 44.0 Å². The maximum absolute atomic E-state index is 12.4. The van der Waals surface area contributed by atoms with Crippen molar-refractivity contribution >= 4 is 39.5 Å². The molecule has 1 N–H and O–H groups in total. The van der Waals surface area contributed by atoms with Gasteiger partial charge in [-0.25, -0.2) is 0 Å². The van der Waals surface area contributed by atoms with E-state index in [1.807, 2.05) is 43.3 Å². The van der Waals surface area contributed by atoms with Gasteiger partial charge in [0.15, 0.2) is 11.5 Å². The minimum Gasteiger partial charge on any atom is -0.493 e. The van der Waals surface area contributed by atoms with Crippen LogP contribution in [-0.2, 0) is 9.59 Å². The SMILES string of the molecule is COc1cc(/C=C/C(=O)N(C)CC(=O)Nc2ccc(Br)cc2C)ccc1OCC(C)C. The Morgan fingerprint density at radius 3 is 2.55 bits per heavy atom. The molecule has 0 saturated heterocycles. The van der Waals surface area contributed by atoms with Crippen molar-refractivity contribution in [1.29, 1.82) is 0 Å². The van der Waals surface area contributed by atoms with Crippen LogP contribution in [0.2, 0.25) is 0 Å². The number of hydrogen-bond donors (Lipinski definition) is 1. The third kappa shape index (κ3) is 7.75. The lowest BCUT2D eigenvalue weighted by atomic mass is 10.1. The second-order valence-corrected chi connectivity index (χ2v) is 8.57. The molecule has 0 radical (unpaired) electrons. The fraction of sp³-hybridized carbons (Fsp3) is 0.333. The standard InChI is InChI=1S/C24H29BrN2O4/c1-16(2)15-31-21-10-6-18(13-22(21)30-5)7-11-24(29)27(4)14-23(28)26-20-9-8-19(25)12-17(20)3/h6-13,16H,14-15H2,1-5H3,(H,26,28)/b11-7+. The number of methoxy groups -OCH3 is 1. The molecule has 0 fully saturated rings. The van der Waals surface area contributed by atoms with Gasteiger partial charge in [0.05, 0.1) is 20.3 Å². The molecule has 31 heavy (non-hydrogen) atoms. The maximum Gasteiger partial charge on any atom is 0.246 e. The van der Waals surface area contributed by atoms with Gasteiger partial charge in [-0.15, -0.1) is 0 Å². The number of benzene rings is 2. The van der Waals surface area contributed by atoms with Gasteiger partial charge in [-0.05, 0) is 60.4 Å². The van der Waals surface area contributed by atoms with Crippen molar-refractivity contribution < 1.29 is 19.1 Å². The van der Waals surface area contributed by atoms with E-state index in [0.717, 1.165) is 21.3 Å². The lowest BCUT2D eigenvalue weighted by Crippen LogP contribution is -2.34. The number of halogens is 1. The monoisotopic (exact) mass is 488 g/mol. The molecule has 2 amide bonds. The molecule has 0 aromatic heterocycles. The molecule has 0 unspecified atom stereocenters. The van der Waals surface area contributed by atoms with Crippen molar-refractivity contribution in [3.05, 3.63) is 58.1 Å². The molecular weight excluding hydrogens is 460 g/mol. The zero-order valence-corrected chi connectivity index (χ0v) is 20.2. The Morgan fingerprint density at radius 1 is 1.16 bits per heavy atom. The lowest BCUT2D eigenvalue weighted by molar-refractivity contribution is -0.129. The highest BCUT2D eigenvalue weighted by Crippen LogP contribution is 2.29. The van der Waals surface area contributed by atoms with Gasteiger partial charge in [-0.3, -0.25) is 9.59 Å². The van der Waals surface area contributed by atoms with E-state index < -0.39 is 0 Å². The third-order valence-corrected chi connectivity index (χ3v) is 4.89. The van der Waals surface area contributed by atoms with E-state index in [1.165, 1.54) is 11.0 Å². The Bertz CT molecular complexity index is 957. The molecule has 2 aromatic rings. The first-order valence-electron chi connectivity index (χ1n) is 9.99. The average Bonchev–Trinajstić information content (AvgIpc) is 2.72. The molecule has 0 aliphatic carbocycles. The molecule has 0 aliphatic heterocycles. The van der Waals surface area contributed by atoms with E-state index in [9.17, 15) is 9.59 Å². The first-order chi connectivity index (χ1) is 14.7. The summed E-state index contributed by atoms with van der Waals surface area (Å²) in [6.45, 7) is 6.60.